The number of hydrogen-bond donors (Lipinski definition) is 1. The van der Waals surface area contributed by atoms with Crippen molar-refractivity contribution in [3.63, 3.8) is 0 Å². The maximum atomic E-state index is 14.1. The topological polar surface area (TPSA) is 81.3 Å². The number of nitrogens with zero attached hydrogens (tertiary/aromatic N) is 4. The summed E-state index contributed by atoms with van der Waals surface area (Å²) in [5.74, 6) is 0.462. The lowest BCUT2D eigenvalue weighted by Crippen LogP contribution is -2.30. The fourth-order valence-corrected chi connectivity index (χ4v) is 4.58. The van der Waals surface area contributed by atoms with Crippen molar-refractivity contribution in [1.29, 1.82) is 0 Å². The first-order valence-electron chi connectivity index (χ1n) is 10.8. The van der Waals surface area contributed by atoms with Gasteiger partial charge in [-0.1, -0.05) is 43.8 Å². The van der Waals surface area contributed by atoms with Gasteiger partial charge in [-0.3, -0.25) is 18.6 Å². The molecule has 7 nitrogen and oxygen atoms in total. The van der Waals surface area contributed by atoms with Gasteiger partial charge >= 0.3 is 0 Å². The average molecular weight is 468 g/mol. The van der Waals surface area contributed by atoms with E-state index in [0.717, 1.165) is 0 Å². The highest BCUT2D eigenvalue weighted by atomic mass is 32.2. The second-order valence-corrected chi connectivity index (χ2v) is 9.61. The first kappa shape index (κ1) is 23.0. The molecule has 172 valence electrons. The maximum Gasteiger partial charge on any atom is 0.262 e. The summed E-state index contributed by atoms with van der Waals surface area (Å²) in [5.41, 5.74) is 1.36. The Morgan fingerprint density at radius 3 is 2.58 bits per heavy atom. The predicted molar refractivity (Wildman–Crippen MR) is 128 cm³/mol. The monoisotopic (exact) mass is 467 g/mol. The molecule has 0 atom stereocenters. The summed E-state index contributed by atoms with van der Waals surface area (Å²) in [4.78, 5) is 25.9. The Balaban J connectivity index is 1.89. The van der Waals surface area contributed by atoms with Gasteiger partial charge in [0.15, 0.2) is 5.16 Å². The molecule has 0 aliphatic carbocycles. The van der Waals surface area contributed by atoms with E-state index in [4.69, 9.17) is 0 Å². The lowest BCUT2D eigenvalue weighted by Gasteiger charge is -2.14. The molecular formula is C24H26FN5O2S. The Morgan fingerprint density at radius 1 is 1.12 bits per heavy atom. The zero-order chi connectivity index (χ0) is 23.7. The van der Waals surface area contributed by atoms with E-state index < -0.39 is 0 Å². The lowest BCUT2D eigenvalue weighted by molar-refractivity contribution is 0.0943. The molecule has 33 heavy (non-hydrogen) atoms. The quantitative estimate of drug-likeness (QED) is 0.411. The van der Waals surface area contributed by atoms with Gasteiger partial charge in [0.05, 0.1) is 10.9 Å². The number of rotatable bonds is 7. The Hall–Kier alpha value is -3.20. The molecule has 0 radical (unpaired) electrons. The van der Waals surface area contributed by atoms with E-state index in [1.807, 2.05) is 27.7 Å². The molecule has 0 spiro atoms. The summed E-state index contributed by atoms with van der Waals surface area (Å²) < 4.78 is 17.5. The molecule has 0 saturated carbocycles. The number of nitrogens with one attached hydrogen (secondary N) is 1. The largest absolute Gasteiger partial charge is 0.350 e. The normalized spacial score (nSPS) is 11.7. The number of thioether (sulfide) groups is 1. The summed E-state index contributed by atoms with van der Waals surface area (Å²) in [7, 11) is 0. The molecule has 2 heterocycles. The van der Waals surface area contributed by atoms with Gasteiger partial charge in [-0.05, 0) is 49.6 Å². The molecule has 0 aliphatic rings. The van der Waals surface area contributed by atoms with Crippen molar-refractivity contribution >= 4 is 34.3 Å². The zero-order valence-electron chi connectivity index (χ0n) is 19.0. The van der Waals surface area contributed by atoms with Crippen molar-refractivity contribution in [3.8, 4) is 0 Å². The van der Waals surface area contributed by atoms with Crippen molar-refractivity contribution < 1.29 is 9.18 Å². The molecule has 0 aliphatic heterocycles. The van der Waals surface area contributed by atoms with Gasteiger partial charge in [0.1, 0.15) is 5.82 Å². The summed E-state index contributed by atoms with van der Waals surface area (Å²) in [6.07, 6.45) is 0. The molecule has 4 aromatic rings. The Bertz CT molecular complexity index is 1390. The highest BCUT2D eigenvalue weighted by Gasteiger charge is 2.19. The fourth-order valence-electron chi connectivity index (χ4n) is 3.65. The first-order chi connectivity index (χ1) is 15.8. The molecule has 0 fully saturated rings. The minimum atomic E-state index is -0.284. The number of hydrogen-bond acceptors (Lipinski definition) is 5. The Kier molecular flexibility index (Phi) is 6.51. The molecule has 2 aromatic carbocycles. The van der Waals surface area contributed by atoms with Crippen LogP contribution in [0.15, 0.2) is 52.4 Å². The van der Waals surface area contributed by atoms with Crippen LogP contribution in [0, 0.1) is 11.7 Å². The maximum absolute atomic E-state index is 14.1. The molecule has 1 N–H and O–H groups in total. The van der Waals surface area contributed by atoms with E-state index in [0.29, 0.717) is 45.3 Å². The highest BCUT2D eigenvalue weighted by molar-refractivity contribution is 7.98. The van der Waals surface area contributed by atoms with Crippen molar-refractivity contribution in [2.45, 2.75) is 51.2 Å². The Morgan fingerprint density at radius 2 is 1.88 bits per heavy atom. The number of benzene rings is 2. The SMILES string of the molecule is CC(C)Cn1c(=O)c2ccc(C(=O)NC(C)C)cc2n2c(SCc3ccccc3F)nnc12. The van der Waals surface area contributed by atoms with Gasteiger partial charge in [0.25, 0.3) is 11.5 Å². The minimum absolute atomic E-state index is 0.0194. The van der Waals surface area contributed by atoms with Gasteiger partial charge in [0, 0.05) is 23.9 Å². The highest BCUT2D eigenvalue weighted by Crippen LogP contribution is 2.26. The zero-order valence-corrected chi connectivity index (χ0v) is 19.8. The van der Waals surface area contributed by atoms with Crippen LogP contribution in [0.1, 0.15) is 43.6 Å². The Labute approximate surface area is 195 Å². The minimum Gasteiger partial charge on any atom is -0.350 e. The van der Waals surface area contributed by atoms with Gasteiger partial charge in [-0.2, -0.15) is 0 Å². The molecule has 0 unspecified atom stereocenters. The van der Waals surface area contributed by atoms with Crippen LogP contribution in [-0.2, 0) is 12.3 Å². The number of aromatic nitrogens is 4. The first-order valence-corrected chi connectivity index (χ1v) is 11.8. The lowest BCUT2D eigenvalue weighted by atomic mass is 10.1. The van der Waals surface area contributed by atoms with E-state index in [-0.39, 0.29) is 29.2 Å². The summed E-state index contributed by atoms with van der Waals surface area (Å²) in [5, 5.41) is 12.5. The van der Waals surface area contributed by atoms with Gasteiger partial charge in [-0.25, -0.2) is 4.39 Å². The number of carbonyl (C=O) groups excluding carboxylic acids is 1. The molecular weight excluding hydrogens is 441 g/mol. The second kappa shape index (κ2) is 9.35. The van der Waals surface area contributed by atoms with Crippen LogP contribution in [0.25, 0.3) is 16.7 Å². The molecule has 9 heteroatoms. The average Bonchev–Trinajstić information content (AvgIpc) is 3.19. The molecule has 2 aromatic heterocycles. The van der Waals surface area contributed by atoms with E-state index in [2.05, 4.69) is 15.5 Å². The van der Waals surface area contributed by atoms with Crippen LogP contribution < -0.4 is 10.9 Å². The third-order valence-electron chi connectivity index (χ3n) is 5.12. The van der Waals surface area contributed by atoms with Crippen LogP contribution in [-0.4, -0.2) is 31.1 Å². The van der Waals surface area contributed by atoms with Crippen LogP contribution in [0.4, 0.5) is 4.39 Å². The van der Waals surface area contributed by atoms with Crippen LogP contribution in [0.2, 0.25) is 0 Å². The van der Waals surface area contributed by atoms with E-state index in [9.17, 15) is 14.0 Å². The van der Waals surface area contributed by atoms with Crippen molar-refractivity contribution in [3.05, 3.63) is 69.8 Å². The van der Waals surface area contributed by atoms with Crippen molar-refractivity contribution in [2.24, 2.45) is 5.92 Å². The van der Waals surface area contributed by atoms with E-state index in [1.165, 1.54) is 17.8 Å². The third-order valence-corrected chi connectivity index (χ3v) is 6.09. The summed E-state index contributed by atoms with van der Waals surface area (Å²) in [6, 6.07) is 11.6. The fraction of sp³-hybridized carbons (Fsp3) is 0.333. The number of carbonyl (C=O) groups is 1. The van der Waals surface area contributed by atoms with Crippen LogP contribution in [0.5, 0.6) is 0 Å². The smallest absolute Gasteiger partial charge is 0.262 e. The predicted octanol–water partition coefficient (Wildman–Crippen LogP) is 4.27. The van der Waals surface area contributed by atoms with Crippen LogP contribution >= 0.6 is 11.8 Å². The molecule has 0 saturated heterocycles. The van der Waals surface area contributed by atoms with Gasteiger partial charge in [-0.15, -0.1) is 10.2 Å². The number of fused-ring (bicyclic) bond motifs is 3. The molecule has 0 bridgehead atoms. The third kappa shape index (κ3) is 4.64. The van der Waals surface area contributed by atoms with E-state index in [1.54, 1.807) is 45.4 Å². The van der Waals surface area contributed by atoms with Crippen molar-refractivity contribution in [1.82, 2.24) is 24.5 Å². The van der Waals surface area contributed by atoms with Crippen LogP contribution in [0.3, 0.4) is 0 Å². The van der Waals surface area contributed by atoms with E-state index >= 15 is 0 Å². The standard InChI is InChI=1S/C24H26FN5O2S/c1-14(2)12-29-22(32)18-10-9-16(21(31)26-15(3)4)11-20(18)30-23(29)27-28-24(30)33-13-17-7-5-6-8-19(17)25/h5-11,14-15H,12-13H2,1-4H3,(H,26,31). The van der Waals surface area contributed by atoms with Crippen molar-refractivity contribution in [2.75, 3.05) is 0 Å². The molecule has 1 amide bonds. The van der Waals surface area contributed by atoms with Gasteiger partial charge in [0.2, 0.25) is 5.78 Å². The summed E-state index contributed by atoms with van der Waals surface area (Å²) in [6.45, 7) is 8.30. The molecule has 4 rings (SSSR count). The van der Waals surface area contributed by atoms with Gasteiger partial charge < -0.3 is 5.32 Å². The number of halogens is 1. The summed E-state index contributed by atoms with van der Waals surface area (Å²) >= 11 is 1.33. The second-order valence-electron chi connectivity index (χ2n) is 8.67. The number of amides is 1.